The van der Waals surface area contributed by atoms with E-state index in [1.54, 1.807) is 0 Å². The van der Waals surface area contributed by atoms with Crippen molar-refractivity contribution in [2.45, 2.75) is 93.1 Å². The van der Waals surface area contributed by atoms with Crippen LogP contribution in [0.25, 0.3) is 0 Å². The van der Waals surface area contributed by atoms with Crippen LogP contribution in [0.3, 0.4) is 0 Å². The van der Waals surface area contributed by atoms with Crippen LogP contribution >= 0.6 is 47.0 Å². The van der Waals surface area contributed by atoms with E-state index in [-0.39, 0.29) is 5.91 Å². The van der Waals surface area contributed by atoms with Crippen LogP contribution in [0.1, 0.15) is 77.0 Å². The molecule has 2 rings (SSSR count). The minimum Gasteiger partial charge on any atom is -0.360 e. The first kappa shape index (κ1) is 22.3. The highest BCUT2D eigenvalue weighted by atomic mass is 35.6. The Morgan fingerprint density at radius 1 is 0.962 bits per heavy atom. The monoisotopic (exact) mass is 441 g/mol. The Hall–Kier alpha value is 0.0300. The molecule has 8 heteroatoms. The van der Waals surface area contributed by atoms with Crippen molar-refractivity contribution in [3.05, 3.63) is 0 Å². The summed E-state index contributed by atoms with van der Waals surface area (Å²) in [5, 5.41) is 9.45. The molecule has 2 saturated carbocycles. The standard InChI is InChI=1S/C18H30Cl3N3OS/c19-18(20,21)16(24-17(26)22-14-9-5-2-6-10-14)23-15(25)12-11-13-7-3-1-4-8-13/h13-14,16H,1-12H2,(H,23,25)(H2,22,24,26). The van der Waals surface area contributed by atoms with Gasteiger partial charge in [0.2, 0.25) is 9.70 Å². The predicted octanol–water partition coefficient (Wildman–Crippen LogP) is 4.96. The summed E-state index contributed by atoms with van der Waals surface area (Å²) in [7, 11) is 0. The van der Waals surface area contributed by atoms with Gasteiger partial charge in [-0.15, -0.1) is 0 Å². The summed E-state index contributed by atoms with van der Waals surface area (Å²) < 4.78 is -1.68. The molecule has 0 spiro atoms. The fraction of sp³-hybridized carbons (Fsp3) is 0.889. The number of alkyl halides is 3. The summed E-state index contributed by atoms with van der Waals surface area (Å²) in [6.07, 6.45) is 12.6. The van der Waals surface area contributed by atoms with Gasteiger partial charge >= 0.3 is 0 Å². The second-order valence-electron chi connectivity index (χ2n) is 7.54. The first-order chi connectivity index (χ1) is 12.3. The molecule has 1 atom stereocenters. The molecule has 3 N–H and O–H groups in total. The molecule has 0 radical (unpaired) electrons. The zero-order chi connectivity index (χ0) is 19.0. The third-order valence-corrected chi connectivity index (χ3v) is 6.24. The van der Waals surface area contributed by atoms with Crippen LogP contribution in [0.2, 0.25) is 0 Å². The lowest BCUT2D eigenvalue weighted by Gasteiger charge is -2.30. The first-order valence-corrected chi connectivity index (χ1v) is 11.3. The average Bonchev–Trinajstić information content (AvgIpc) is 2.60. The van der Waals surface area contributed by atoms with E-state index in [2.05, 4.69) is 16.0 Å². The second kappa shape index (κ2) is 11.1. The number of rotatable bonds is 6. The van der Waals surface area contributed by atoms with Crippen molar-refractivity contribution >= 4 is 58.0 Å². The highest BCUT2D eigenvalue weighted by Gasteiger charge is 2.35. The molecule has 4 nitrogen and oxygen atoms in total. The first-order valence-electron chi connectivity index (χ1n) is 9.77. The summed E-state index contributed by atoms with van der Waals surface area (Å²) in [6, 6.07) is 0.349. The zero-order valence-corrected chi connectivity index (χ0v) is 18.3. The minimum absolute atomic E-state index is 0.111. The average molecular weight is 443 g/mol. The van der Waals surface area contributed by atoms with E-state index < -0.39 is 9.96 Å². The number of carbonyl (C=O) groups excluding carboxylic acids is 1. The largest absolute Gasteiger partial charge is 0.360 e. The van der Waals surface area contributed by atoms with Crippen LogP contribution < -0.4 is 16.0 Å². The van der Waals surface area contributed by atoms with Gasteiger partial charge in [-0.2, -0.15) is 0 Å². The normalized spacial score (nSPS) is 21.0. The fourth-order valence-electron chi connectivity index (χ4n) is 3.85. The molecule has 0 aliphatic heterocycles. The zero-order valence-electron chi connectivity index (χ0n) is 15.2. The number of thiocarbonyl (C=S) groups is 1. The highest BCUT2D eigenvalue weighted by molar-refractivity contribution is 7.80. The molecule has 26 heavy (non-hydrogen) atoms. The molecule has 0 aromatic carbocycles. The molecule has 150 valence electrons. The Morgan fingerprint density at radius 3 is 2.12 bits per heavy atom. The van der Waals surface area contributed by atoms with E-state index in [1.165, 1.54) is 51.4 Å². The van der Waals surface area contributed by atoms with Gasteiger partial charge in [-0.05, 0) is 37.4 Å². The molecule has 0 aromatic rings. The number of halogens is 3. The summed E-state index contributed by atoms with van der Waals surface area (Å²) in [4.78, 5) is 12.3. The van der Waals surface area contributed by atoms with Gasteiger partial charge in [-0.1, -0.05) is 86.2 Å². The quantitative estimate of drug-likeness (QED) is 0.309. The van der Waals surface area contributed by atoms with Crippen LogP contribution in [0.5, 0.6) is 0 Å². The lowest BCUT2D eigenvalue weighted by Crippen LogP contribution is -2.58. The van der Waals surface area contributed by atoms with Crippen molar-refractivity contribution in [1.29, 1.82) is 0 Å². The molecule has 0 saturated heterocycles. The van der Waals surface area contributed by atoms with Gasteiger partial charge in [0, 0.05) is 12.5 Å². The summed E-state index contributed by atoms with van der Waals surface area (Å²) in [5.74, 6) is 0.530. The van der Waals surface area contributed by atoms with Crippen molar-refractivity contribution in [2.24, 2.45) is 5.92 Å². The number of nitrogens with one attached hydrogen (secondary N) is 3. The molecular formula is C18H30Cl3N3OS. The van der Waals surface area contributed by atoms with Crippen molar-refractivity contribution in [2.75, 3.05) is 0 Å². The van der Waals surface area contributed by atoms with E-state index in [9.17, 15) is 4.79 Å². The van der Waals surface area contributed by atoms with Crippen molar-refractivity contribution in [1.82, 2.24) is 16.0 Å². The van der Waals surface area contributed by atoms with Crippen LogP contribution in [0.15, 0.2) is 0 Å². The topological polar surface area (TPSA) is 53.2 Å². The number of carbonyl (C=O) groups is 1. The van der Waals surface area contributed by atoms with Gasteiger partial charge in [0.05, 0.1) is 0 Å². The second-order valence-corrected chi connectivity index (χ2v) is 10.3. The van der Waals surface area contributed by atoms with Gasteiger partial charge in [0.15, 0.2) is 5.11 Å². The lowest BCUT2D eigenvalue weighted by molar-refractivity contribution is -0.122. The van der Waals surface area contributed by atoms with E-state index in [0.717, 1.165) is 19.3 Å². The molecule has 1 unspecified atom stereocenters. The van der Waals surface area contributed by atoms with Crippen LogP contribution in [-0.4, -0.2) is 27.0 Å². The third-order valence-electron chi connectivity index (χ3n) is 5.35. The van der Waals surface area contributed by atoms with Gasteiger partial charge in [0.25, 0.3) is 0 Å². The maximum Gasteiger partial charge on any atom is 0.228 e. The molecule has 0 heterocycles. The van der Waals surface area contributed by atoms with E-state index in [0.29, 0.717) is 23.5 Å². The molecular weight excluding hydrogens is 413 g/mol. The smallest absolute Gasteiger partial charge is 0.228 e. The lowest BCUT2D eigenvalue weighted by atomic mass is 9.86. The van der Waals surface area contributed by atoms with Crippen LogP contribution in [0.4, 0.5) is 0 Å². The van der Waals surface area contributed by atoms with E-state index in [4.69, 9.17) is 47.0 Å². The van der Waals surface area contributed by atoms with Gasteiger partial charge in [0.1, 0.15) is 6.17 Å². The molecule has 2 aliphatic rings. The molecule has 0 aromatic heterocycles. The van der Waals surface area contributed by atoms with Gasteiger partial charge in [-0.25, -0.2) is 0 Å². The Kier molecular flexibility index (Phi) is 9.56. The number of hydrogen-bond donors (Lipinski definition) is 3. The maximum absolute atomic E-state index is 12.3. The summed E-state index contributed by atoms with van der Waals surface area (Å²) in [5.41, 5.74) is 0. The number of amides is 1. The Bertz CT molecular complexity index is 461. The third kappa shape index (κ3) is 8.37. The SMILES string of the molecule is O=C(CCC1CCCCC1)NC(NC(=S)NC1CCCCC1)C(Cl)(Cl)Cl. The number of hydrogen-bond acceptors (Lipinski definition) is 2. The predicted molar refractivity (Wildman–Crippen MR) is 114 cm³/mol. The molecule has 2 aliphatic carbocycles. The van der Waals surface area contributed by atoms with E-state index in [1.807, 2.05) is 0 Å². The Balaban J connectivity index is 1.77. The van der Waals surface area contributed by atoms with E-state index >= 15 is 0 Å². The fourth-order valence-corrected chi connectivity index (χ4v) is 4.46. The van der Waals surface area contributed by atoms with Gasteiger partial charge < -0.3 is 16.0 Å². The van der Waals surface area contributed by atoms with Crippen molar-refractivity contribution in [3.63, 3.8) is 0 Å². The summed E-state index contributed by atoms with van der Waals surface area (Å²) >= 11 is 23.5. The minimum atomic E-state index is -1.68. The van der Waals surface area contributed by atoms with Crippen LogP contribution in [0, 0.1) is 5.92 Å². The Labute approximate surface area is 177 Å². The van der Waals surface area contributed by atoms with Crippen LogP contribution in [-0.2, 0) is 4.79 Å². The molecule has 0 bridgehead atoms. The van der Waals surface area contributed by atoms with Crippen molar-refractivity contribution in [3.8, 4) is 0 Å². The Morgan fingerprint density at radius 2 is 1.54 bits per heavy atom. The highest BCUT2D eigenvalue weighted by Crippen LogP contribution is 2.30. The van der Waals surface area contributed by atoms with Gasteiger partial charge in [-0.3, -0.25) is 4.79 Å². The summed E-state index contributed by atoms with van der Waals surface area (Å²) in [6.45, 7) is 0. The molecule has 1 amide bonds. The maximum atomic E-state index is 12.3. The van der Waals surface area contributed by atoms with Crippen molar-refractivity contribution < 1.29 is 4.79 Å². The molecule has 2 fully saturated rings.